The number of halogens is 2. The highest BCUT2D eigenvalue weighted by molar-refractivity contribution is 7.09. The van der Waals surface area contributed by atoms with E-state index in [2.05, 4.69) is 4.37 Å². The minimum Gasteiger partial charge on any atom is -0.459 e. The molecule has 0 aliphatic rings. The molecule has 3 nitrogen and oxygen atoms in total. The maximum atomic E-state index is 11.3. The van der Waals surface area contributed by atoms with Gasteiger partial charge in [0.1, 0.15) is 5.02 Å². The maximum absolute atomic E-state index is 11.3. The fourth-order valence-electron chi connectivity index (χ4n) is 0.654. The topological polar surface area (TPSA) is 39.2 Å². The van der Waals surface area contributed by atoms with Gasteiger partial charge in [0.25, 0.3) is 0 Å². The van der Waals surface area contributed by atoms with Crippen molar-refractivity contribution in [1.82, 2.24) is 4.37 Å². The van der Waals surface area contributed by atoms with Crippen molar-refractivity contribution < 1.29 is 9.53 Å². The van der Waals surface area contributed by atoms with E-state index < -0.39 is 5.97 Å². The van der Waals surface area contributed by atoms with E-state index in [0.717, 1.165) is 11.5 Å². The molecule has 0 fully saturated rings. The molecule has 0 aliphatic heterocycles. The van der Waals surface area contributed by atoms with Crippen molar-refractivity contribution in [2.24, 2.45) is 0 Å². The maximum Gasteiger partial charge on any atom is 0.351 e. The third kappa shape index (κ3) is 2.56. The van der Waals surface area contributed by atoms with Crippen LogP contribution in [-0.2, 0) is 4.74 Å². The molecule has 0 bridgehead atoms. The first-order chi connectivity index (χ1) is 6.02. The Labute approximate surface area is 89.8 Å². The average molecular weight is 240 g/mol. The Balaban J connectivity index is 2.83. The van der Waals surface area contributed by atoms with Crippen LogP contribution in [0.1, 0.15) is 23.5 Å². The Bertz CT molecular complexity index is 324. The normalized spacial score (nSPS) is 10.5. The van der Waals surface area contributed by atoms with Gasteiger partial charge >= 0.3 is 5.97 Å². The fraction of sp³-hybridized carbons (Fsp3) is 0.429. The number of carbonyl (C=O) groups is 1. The van der Waals surface area contributed by atoms with Crippen molar-refractivity contribution in [3.63, 3.8) is 0 Å². The van der Waals surface area contributed by atoms with E-state index in [1.807, 2.05) is 0 Å². The first-order valence-electron chi connectivity index (χ1n) is 3.54. The second kappa shape index (κ2) is 4.26. The molecule has 0 atom stereocenters. The molecular weight excluding hydrogens is 233 g/mol. The number of ether oxygens (including phenoxy) is 1. The Kier molecular flexibility index (Phi) is 3.53. The summed E-state index contributed by atoms with van der Waals surface area (Å²) in [6, 6.07) is 0. The predicted molar refractivity (Wildman–Crippen MR) is 52.7 cm³/mol. The second-order valence-corrected chi connectivity index (χ2v) is 4.08. The van der Waals surface area contributed by atoms with Crippen LogP contribution in [0.3, 0.4) is 0 Å². The third-order valence-electron chi connectivity index (χ3n) is 1.13. The molecule has 1 aromatic heterocycles. The van der Waals surface area contributed by atoms with Gasteiger partial charge in [-0.15, -0.1) is 0 Å². The minimum absolute atomic E-state index is 0.141. The van der Waals surface area contributed by atoms with Crippen LogP contribution in [0.5, 0.6) is 0 Å². The number of rotatable bonds is 2. The average Bonchev–Trinajstić information content (AvgIpc) is 2.31. The van der Waals surface area contributed by atoms with Gasteiger partial charge < -0.3 is 4.74 Å². The van der Waals surface area contributed by atoms with Crippen molar-refractivity contribution >= 4 is 40.7 Å². The van der Waals surface area contributed by atoms with E-state index in [-0.39, 0.29) is 21.2 Å². The molecule has 1 aromatic rings. The summed E-state index contributed by atoms with van der Waals surface area (Å²) in [5.41, 5.74) is 0. The van der Waals surface area contributed by atoms with Crippen LogP contribution in [0.25, 0.3) is 0 Å². The van der Waals surface area contributed by atoms with Gasteiger partial charge in [0, 0.05) is 0 Å². The monoisotopic (exact) mass is 239 g/mol. The zero-order chi connectivity index (χ0) is 10.0. The van der Waals surface area contributed by atoms with Crippen molar-refractivity contribution in [3.05, 3.63) is 15.1 Å². The van der Waals surface area contributed by atoms with Gasteiger partial charge in [-0.2, -0.15) is 4.37 Å². The summed E-state index contributed by atoms with van der Waals surface area (Å²) in [4.78, 5) is 11.5. The number of hydrogen-bond donors (Lipinski definition) is 0. The highest BCUT2D eigenvalue weighted by Crippen LogP contribution is 2.29. The van der Waals surface area contributed by atoms with E-state index in [1.165, 1.54) is 0 Å². The quantitative estimate of drug-likeness (QED) is 0.746. The molecular formula is C7H7Cl2NO2S. The predicted octanol–water partition coefficient (Wildman–Crippen LogP) is 3.02. The first kappa shape index (κ1) is 10.8. The summed E-state index contributed by atoms with van der Waals surface area (Å²) in [7, 11) is 0. The molecule has 0 aromatic carbocycles. The molecule has 72 valence electrons. The molecule has 0 N–H and O–H groups in total. The summed E-state index contributed by atoms with van der Waals surface area (Å²) in [5.74, 6) is -0.482. The zero-order valence-electron chi connectivity index (χ0n) is 7.01. The van der Waals surface area contributed by atoms with Gasteiger partial charge in [0.05, 0.1) is 6.10 Å². The Morgan fingerprint density at radius 2 is 2.15 bits per heavy atom. The molecule has 1 heterocycles. The Hall–Kier alpha value is -0.320. The number of esters is 1. The standard InChI is InChI=1S/C7H7Cl2NO2S/c1-3(2)12-7(11)5-4(8)6(9)10-13-5/h3H,1-2H3. The van der Waals surface area contributed by atoms with Crippen LogP contribution in [-0.4, -0.2) is 16.4 Å². The number of aromatic nitrogens is 1. The van der Waals surface area contributed by atoms with Crippen molar-refractivity contribution in [3.8, 4) is 0 Å². The molecule has 6 heteroatoms. The highest BCUT2D eigenvalue weighted by atomic mass is 35.5. The van der Waals surface area contributed by atoms with Crippen LogP contribution in [0, 0.1) is 0 Å². The van der Waals surface area contributed by atoms with Gasteiger partial charge in [-0.3, -0.25) is 0 Å². The van der Waals surface area contributed by atoms with Crippen LogP contribution in [0.4, 0.5) is 0 Å². The Morgan fingerprint density at radius 3 is 2.54 bits per heavy atom. The number of carbonyl (C=O) groups excluding carboxylic acids is 1. The third-order valence-corrected chi connectivity index (χ3v) is 2.90. The van der Waals surface area contributed by atoms with Crippen LogP contribution in [0.2, 0.25) is 10.2 Å². The van der Waals surface area contributed by atoms with E-state index in [0.29, 0.717) is 0 Å². The highest BCUT2D eigenvalue weighted by Gasteiger charge is 2.19. The number of hydrogen-bond acceptors (Lipinski definition) is 4. The molecule has 0 aliphatic carbocycles. The fourth-order valence-corrected chi connectivity index (χ4v) is 1.74. The minimum atomic E-state index is -0.482. The van der Waals surface area contributed by atoms with Crippen molar-refractivity contribution in [2.75, 3.05) is 0 Å². The second-order valence-electron chi connectivity index (χ2n) is 2.57. The van der Waals surface area contributed by atoms with E-state index in [4.69, 9.17) is 27.9 Å². The summed E-state index contributed by atoms with van der Waals surface area (Å²) >= 11 is 12.2. The lowest BCUT2D eigenvalue weighted by Crippen LogP contribution is -2.10. The molecule has 1 rings (SSSR count). The summed E-state index contributed by atoms with van der Waals surface area (Å²) in [6.07, 6.45) is -0.176. The SMILES string of the molecule is CC(C)OC(=O)c1snc(Cl)c1Cl. The van der Waals surface area contributed by atoms with Crippen molar-refractivity contribution in [1.29, 1.82) is 0 Å². The van der Waals surface area contributed by atoms with Crippen LogP contribution in [0.15, 0.2) is 0 Å². The molecule has 0 saturated carbocycles. The lowest BCUT2D eigenvalue weighted by molar-refractivity contribution is 0.0384. The Morgan fingerprint density at radius 1 is 1.54 bits per heavy atom. The largest absolute Gasteiger partial charge is 0.459 e. The zero-order valence-corrected chi connectivity index (χ0v) is 9.33. The van der Waals surface area contributed by atoms with Gasteiger partial charge in [-0.25, -0.2) is 4.79 Å². The van der Waals surface area contributed by atoms with Gasteiger partial charge in [-0.05, 0) is 25.4 Å². The summed E-state index contributed by atoms with van der Waals surface area (Å²) in [6.45, 7) is 3.52. The van der Waals surface area contributed by atoms with E-state index >= 15 is 0 Å². The summed E-state index contributed by atoms with van der Waals surface area (Å²) < 4.78 is 8.64. The smallest absolute Gasteiger partial charge is 0.351 e. The first-order valence-corrected chi connectivity index (χ1v) is 5.07. The molecule has 13 heavy (non-hydrogen) atoms. The van der Waals surface area contributed by atoms with Crippen LogP contribution >= 0.6 is 34.7 Å². The van der Waals surface area contributed by atoms with Gasteiger partial charge in [0.2, 0.25) is 0 Å². The molecule has 0 radical (unpaired) electrons. The van der Waals surface area contributed by atoms with Gasteiger partial charge in [-0.1, -0.05) is 23.2 Å². The van der Waals surface area contributed by atoms with Crippen LogP contribution < -0.4 is 0 Å². The molecule has 0 unspecified atom stereocenters. The number of nitrogens with zero attached hydrogens (tertiary/aromatic N) is 1. The summed E-state index contributed by atoms with van der Waals surface area (Å²) in [5, 5.41) is 0.305. The molecule has 0 saturated heterocycles. The molecule has 0 spiro atoms. The van der Waals surface area contributed by atoms with Gasteiger partial charge in [0.15, 0.2) is 10.0 Å². The lowest BCUT2D eigenvalue weighted by Gasteiger charge is -2.05. The lowest BCUT2D eigenvalue weighted by atomic mass is 10.4. The molecule has 0 amide bonds. The van der Waals surface area contributed by atoms with E-state index in [1.54, 1.807) is 13.8 Å². The van der Waals surface area contributed by atoms with Crippen molar-refractivity contribution in [2.45, 2.75) is 20.0 Å². The van der Waals surface area contributed by atoms with E-state index in [9.17, 15) is 4.79 Å².